The van der Waals surface area contributed by atoms with Gasteiger partial charge in [0.1, 0.15) is 0 Å². The maximum Gasteiger partial charge on any atom is 0.303 e. The van der Waals surface area contributed by atoms with Crippen molar-refractivity contribution >= 4 is 91.4 Å². The van der Waals surface area contributed by atoms with E-state index >= 15 is 0 Å². The number of carbonyl (C=O) groups excluding carboxylic acids is 4. The number of nitrogens with one attached hydrogen (secondary N) is 2. The molecule has 18 heteroatoms. The van der Waals surface area contributed by atoms with E-state index in [-0.39, 0.29) is 10.0 Å². The maximum absolute atomic E-state index is 12.4. The third-order valence-corrected chi connectivity index (χ3v) is 7.97. The summed E-state index contributed by atoms with van der Waals surface area (Å²) in [6.07, 6.45) is -6.13. The molecule has 4 rings (SSSR count). The van der Waals surface area contributed by atoms with Crippen LogP contribution in [0.5, 0.6) is 0 Å². The van der Waals surface area contributed by atoms with Crippen molar-refractivity contribution in [2.45, 2.75) is 52.1 Å². The average molecular weight is 710 g/mol. The summed E-state index contributed by atoms with van der Waals surface area (Å²) in [4.78, 5) is 49.6. The van der Waals surface area contributed by atoms with E-state index in [1.54, 1.807) is 48.5 Å². The Kier molecular flexibility index (Phi) is 11.8. The summed E-state index contributed by atoms with van der Waals surface area (Å²) in [6.45, 7) is 4.48. The lowest BCUT2D eigenvalue weighted by Crippen LogP contribution is -2.45. The number of ether oxygens (including phenoxy) is 4. The van der Waals surface area contributed by atoms with Crippen LogP contribution in [-0.4, -0.2) is 56.5 Å². The Morgan fingerprint density at radius 3 is 1.20 bits per heavy atom. The molecule has 0 amide bonds. The van der Waals surface area contributed by atoms with Crippen LogP contribution in [0.4, 0.5) is 21.6 Å². The molecule has 0 aliphatic carbocycles. The van der Waals surface area contributed by atoms with Crippen molar-refractivity contribution in [1.82, 2.24) is 20.4 Å². The summed E-state index contributed by atoms with van der Waals surface area (Å²) in [5.74, 6) is -3.21. The highest BCUT2D eigenvalue weighted by Crippen LogP contribution is 2.39. The third kappa shape index (κ3) is 9.81. The lowest BCUT2D eigenvalue weighted by molar-refractivity contribution is -0.200. The molecule has 242 valence electrons. The Morgan fingerprint density at radius 2 is 0.891 bits per heavy atom. The van der Waals surface area contributed by atoms with E-state index in [1.807, 2.05) is 0 Å². The molecule has 0 radical (unpaired) electrons. The van der Waals surface area contributed by atoms with Gasteiger partial charge in [0.15, 0.2) is 34.4 Å². The molecule has 0 aliphatic rings. The molecular weight excluding hydrogens is 683 g/mol. The van der Waals surface area contributed by atoms with Gasteiger partial charge in [-0.2, -0.15) is 0 Å². The lowest BCUT2D eigenvalue weighted by atomic mass is 10.0. The lowest BCUT2D eigenvalue weighted by Gasteiger charge is -2.33. The first-order valence-electron chi connectivity index (χ1n) is 13.3. The summed E-state index contributed by atoms with van der Waals surface area (Å²) in [7, 11) is 0. The van der Waals surface area contributed by atoms with Crippen molar-refractivity contribution < 1.29 is 38.1 Å². The van der Waals surface area contributed by atoms with Gasteiger partial charge in [0.25, 0.3) is 0 Å². The molecule has 4 unspecified atom stereocenters. The Balaban J connectivity index is 1.74. The van der Waals surface area contributed by atoms with Gasteiger partial charge in [0.05, 0.1) is 0 Å². The van der Waals surface area contributed by atoms with E-state index in [4.69, 9.17) is 42.1 Å². The van der Waals surface area contributed by atoms with E-state index in [0.29, 0.717) is 31.7 Å². The van der Waals surface area contributed by atoms with Crippen LogP contribution < -0.4 is 10.6 Å². The van der Waals surface area contributed by atoms with E-state index in [1.165, 1.54) is 0 Å². The highest BCUT2D eigenvalue weighted by molar-refractivity contribution is 7.15. The third-order valence-electron chi connectivity index (χ3n) is 5.67. The van der Waals surface area contributed by atoms with Crippen LogP contribution >= 0.6 is 45.9 Å². The molecule has 0 aliphatic heterocycles. The van der Waals surface area contributed by atoms with Crippen LogP contribution in [0.2, 0.25) is 10.0 Å². The van der Waals surface area contributed by atoms with Crippen molar-refractivity contribution in [3.05, 3.63) is 68.6 Å². The molecule has 0 saturated carbocycles. The molecule has 0 fully saturated rings. The van der Waals surface area contributed by atoms with Crippen molar-refractivity contribution in [3.8, 4) is 0 Å². The van der Waals surface area contributed by atoms with Crippen LogP contribution in [0, 0.1) is 0 Å². The van der Waals surface area contributed by atoms with Crippen molar-refractivity contribution in [2.75, 3.05) is 10.6 Å². The minimum Gasteiger partial charge on any atom is -0.454 e. The molecule has 2 heterocycles. The smallest absolute Gasteiger partial charge is 0.303 e. The SMILES string of the molecule is CC(=O)OC(c1nnc(Nc2ccc(Cl)cc2)s1)C(OC(C)=O)C(OC(C)=O)C(OC(C)=O)c1nnc(Nc2ccc(Cl)cc2)s1. The van der Waals surface area contributed by atoms with Crippen LogP contribution in [-0.2, 0) is 38.1 Å². The second-order valence-electron chi connectivity index (χ2n) is 9.36. The molecular formula is C28H26Cl2N6O8S2. The largest absolute Gasteiger partial charge is 0.454 e. The minimum atomic E-state index is -1.59. The Labute approximate surface area is 280 Å². The molecule has 0 saturated heterocycles. The maximum atomic E-state index is 12.4. The summed E-state index contributed by atoms with van der Waals surface area (Å²) in [5.41, 5.74) is 1.28. The molecule has 4 aromatic rings. The van der Waals surface area contributed by atoms with Crippen molar-refractivity contribution in [2.24, 2.45) is 0 Å². The first-order chi connectivity index (χ1) is 21.9. The number of rotatable bonds is 13. The normalized spacial score (nSPS) is 13.4. The van der Waals surface area contributed by atoms with E-state index in [2.05, 4.69) is 31.0 Å². The number of esters is 4. The van der Waals surface area contributed by atoms with Gasteiger partial charge in [-0.05, 0) is 48.5 Å². The van der Waals surface area contributed by atoms with Gasteiger partial charge in [0.2, 0.25) is 10.3 Å². The van der Waals surface area contributed by atoms with Gasteiger partial charge >= 0.3 is 23.9 Å². The second kappa shape index (κ2) is 15.8. The number of aromatic nitrogens is 4. The fourth-order valence-electron chi connectivity index (χ4n) is 3.97. The fraction of sp³-hybridized carbons (Fsp3) is 0.286. The Hall–Kier alpha value is -4.38. The zero-order chi connectivity index (χ0) is 33.4. The zero-order valence-electron chi connectivity index (χ0n) is 24.6. The highest BCUT2D eigenvalue weighted by atomic mass is 35.5. The number of hydrogen-bond donors (Lipinski definition) is 2. The first kappa shape index (κ1) is 34.5. The first-order valence-corrected chi connectivity index (χ1v) is 15.7. The van der Waals surface area contributed by atoms with Crippen LogP contribution in [0.1, 0.15) is 49.9 Å². The zero-order valence-corrected chi connectivity index (χ0v) is 27.7. The fourth-order valence-corrected chi connectivity index (χ4v) is 5.88. The molecule has 2 N–H and O–H groups in total. The summed E-state index contributed by atoms with van der Waals surface area (Å²) >= 11 is 13.9. The summed E-state index contributed by atoms with van der Waals surface area (Å²) in [5, 5.41) is 24.4. The number of carbonyl (C=O) groups is 4. The van der Waals surface area contributed by atoms with Crippen LogP contribution in [0.25, 0.3) is 0 Å². The molecule has 2 aromatic carbocycles. The minimum absolute atomic E-state index is 0.0685. The molecule has 0 bridgehead atoms. The van der Waals surface area contributed by atoms with E-state index in [0.717, 1.165) is 50.4 Å². The summed E-state index contributed by atoms with van der Waals surface area (Å²) < 4.78 is 22.4. The van der Waals surface area contributed by atoms with E-state index in [9.17, 15) is 19.2 Å². The summed E-state index contributed by atoms with van der Waals surface area (Å²) in [6, 6.07) is 13.6. The van der Waals surface area contributed by atoms with Gasteiger partial charge in [0, 0.05) is 49.1 Å². The topological polar surface area (TPSA) is 181 Å². The number of anilines is 4. The monoisotopic (exact) mass is 708 g/mol. The van der Waals surface area contributed by atoms with E-state index < -0.39 is 48.3 Å². The number of nitrogens with zero attached hydrogens (tertiary/aromatic N) is 4. The van der Waals surface area contributed by atoms with Crippen LogP contribution in [0.15, 0.2) is 48.5 Å². The Morgan fingerprint density at radius 1 is 0.565 bits per heavy atom. The average Bonchev–Trinajstić information content (AvgIpc) is 3.64. The number of hydrogen-bond acceptors (Lipinski definition) is 16. The molecule has 2 aromatic heterocycles. The Bertz CT molecular complexity index is 1560. The second-order valence-corrected chi connectivity index (χ2v) is 12.3. The quantitative estimate of drug-likeness (QED) is 0.123. The van der Waals surface area contributed by atoms with Gasteiger partial charge in [-0.25, -0.2) is 0 Å². The molecule has 14 nitrogen and oxygen atoms in total. The van der Waals surface area contributed by atoms with Crippen LogP contribution in [0.3, 0.4) is 0 Å². The highest BCUT2D eigenvalue weighted by Gasteiger charge is 2.47. The molecule has 0 spiro atoms. The van der Waals surface area contributed by atoms with Gasteiger partial charge in [-0.3, -0.25) is 19.2 Å². The van der Waals surface area contributed by atoms with Crippen molar-refractivity contribution in [3.63, 3.8) is 0 Å². The van der Waals surface area contributed by atoms with Gasteiger partial charge in [-0.1, -0.05) is 45.9 Å². The predicted molar refractivity (Wildman–Crippen MR) is 169 cm³/mol. The van der Waals surface area contributed by atoms with Gasteiger partial charge < -0.3 is 29.6 Å². The van der Waals surface area contributed by atoms with Gasteiger partial charge in [-0.15, -0.1) is 20.4 Å². The molecule has 4 atom stereocenters. The number of halogens is 2. The number of benzene rings is 2. The molecule has 46 heavy (non-hydrogen) atoms. The standard InChI is InChI=1S/C28H26Cl2N6O8S2/c1-13(37)41-21(23(43-15(3)39)25-33-35-27(45-25)31-19-9-5-17(29)6-10-19)22(42-14(2)38)24(44-16(4)40)26-34-36-28(46-26)32-20-11-7-18(30)8-12-20/h5-12,21-24H,1-4H3,(H,31,35)(H,32,36). The predicted octanol–water partition coefficient (Wildman–Crippen LogP) is 5.96. The van der Waals surface area contributed by atoms with Crippen molar-refractivity contribution in [1.29, 1.82) is 0 Å².